The van der Waals surface area contributed by atoms with Gasteiger partial charge in [0.1, 0.15) is 0 Å². The Balaban J connectivity index is 1.29. The number of halogens is 2. The summed E-state index contributed by atoms with van der Waals surface area (Å²) in [7, 11) is 0. The molecule has 4 fully saturated rings. The van der Waals surface area contributed by atoms with E-state index in [0.717, 1.165) is 37.0 Å². The maximum absolute atomic E-state index is 13.8. The van der Waals surface area contributed by atoms with Gasteiger partial charge < -0.3 is 10.6 Å². The smallest absolute Gasteiger partial charge is 0.243 e. The van der Waals surface area contributed by atoms with Gasteiger partial charge in [-0.25, -0.2) is 4.39 Å². The van der Waals surface area contributed by atoms with Gasteiger partial charge in [-0.1, -0.05) is 17.7 Å². The van der Waals surface area contributed by atoms with Crippen LogP contribution >= 0.6 is 11.6 Å². The van der Waals surface area contributed by atoms with Gasteiger partial charge in [-0.15, -0.1) is 0 Å². The average molecular weight is 379 g/mol. The molecule has 5 rings (SSSR count). The average Bonchev–Trinajstić information content (AvgIpc) is 2.55. The molecular weight excluding hydrogens is 355 g/mol. The molecule has 0 spiro atoms. The van der Waals surface area contributed by atoms with Crippen LogP contribution in [0.3, 0.4) is 0 Å². The first-order valence-electron chi connectivity index (χ1n) is 9.43. The Hall–Kier alpha value is -1.62. The zero-order chi connectivity index (χ0) is 18.3. The summed E-state index contributed by atoms with van der Waals surface area (Å²) in [5.41, 5.74) is 0.173. The lowest BCUT2D eigenvalue weighted by molar-refractivity contribution is -0.131. The number of nitrogens with one attached hydrogen (secondary N) is 2. The highest BCUT2D eigenvalue weighted by molar-refractivity contribution is 6.31. The minimum Gasteiger partial charge on any atom is -0.347 e. The van der Waals surface area contributed by atoms with Crippen molar-refractivity contribution in [3.05, 3.63) is 29.0 Å². The molecule has 0 aliphatic heterocycles. The van der Waals surface area contributed by atoms with Crippen LogP contribution in [0.1, 0.15) is 44.9 Å². The molecular formula is C20H24ClFN2O2. The Morgan fingerprint density at radius 1 is 1.08 bits per heavy atom. The molecule has 140 valence electrons. The van der Waals surface area contributed by atoms with Crippen LogP contribution < -0.4 is 10.6 Å². The van der Waals surface area contributed by atoms with E-state index in [1.54, 1.807) is 6.07 Å². The molecule has 4 aliphatic rings. The molecule has 1 aromatic carbocycles. The van der Waals surface area contributed by atoms with Crippen LogP contribution in [0, 0.1) is 29.0 Å². The summed E-state index contributed by atoms with van der Waals surface area (Å²) in [5, 5.41) is 5.11. The van der Waals surface area contributed by atoms with Crippen molar-refractivity contribution in [2.75, 3.05) is 11.9 Å². The van der Waals surface area contributed by atoms with Crippen molar-refractivity contribution < 1.29 is 14.0 Å². The molecule has 4 nitrogen and oxygen atoms in total. The van der Waals surface area contributed by atoms with Crippen LogP contribution in [0.4, 0.5) is 10.1 Å². The highest BCUT2D eigenvalue weighted by Gasteiger charge is 2.51. The van der Waals surface area contributed by atoms with Crippen LogP contribution in [0.2, 0.25) is 5.02 Å². The molecule has 0 atom stereocenters. The lowest BCUT2D eigenvalue weighted by Crippen LogP contribution is -2.48. The van der Waals surface area contributed by atoms with Crippen molar-refractivity contribution in [3.8, 4) is 0 Å². The van der Waals surface area contributed by atoms with Crippen molar-refractivity contribution in [1.82, 2.24) is 5.32 Å². The van der Waals surface area contributed by atoms with E-state index in [1.807, 2.05) is 0 Å². The van der Waals surface area contributed by atoms with Gasteiger partial charge in [-0.3, -0.25) is 9.59 Å². The number of rotatable bonds is 5. The molecule has 6 heteroatoms. The second-order valence-electron chi connectivity index (χ2n) is 8.52. The fraction of sp³-hybridized carbons (Fsp3) is 0.600. The number of carbonyl (C=O) groups excluding carboxylic acids is 2. The topological polar surface area (TPSA) is 58.2 Å². The number of hydrogen-bond donors (Lipinski definition) is 2. The number of benzene rings is 1. The summed E-state index contributed by atoms with van der Waals surface area (Å²) < 4.78 is 13.8. The molecule has 4 saturated carbocycles. The first kappa shape index (κ1) is 17.8. The summed E-state index contributed by atoms with van der Waals surface area (Å²) in [6, 6.07) is 4.42. The molecule has 2 N–H and O–H groups in total. The van der Waals surface area contributed by atoms with E-state index in [-0.39, 0.29) is 28.6 Å². The van der Waals surface area contributed by atoms with E-state index in [9.17, 15) is 14.0 Å². The maximum atomic E-state index is 13.8. The van der Waals surface area contributed by atoms with E-state index >= 15 is 0 Å². The van der Waals surface area contributed by atoms with Gasteiger partial charge in [0.05, 0.1) is 17.3 Å². The van der Waals surface area contributed by atoms with E-state index in [0.29, 0.717) is 6.42 Å². The molecule has 4 bridgehead atoms. The molecule has 2 amide bonds. The standard InChI is InChI=1S/C20H24ClFN2O2/c21-15-2-1-3-16(19(15)22)24-18(26)11-23-17(25)10-20-7-12-4-13(8-20)6-14(5-12)9-20/h1-3,12-14H,4-11H2,(H,23,25)(H,24,26). The molecule has 0 unspecified atom stereocenters. The fourth-order valence-corrected chi connectivity index (χ4v) is 6.06. The van der Waals surface area contributed by atoms with E-state index < -0.39 is 11.7 Å². The van der Waals surface area contributed by atoms with Crippen LogP contribution in [-0.2, 0) is 9.59 Å². The normalized spacial score (nSPS) is 31.7. The minimum absolute atomic E-state index is 0.0258. The second-order valence-corrected chi connectivity index (χ2v) is 8.93. The molecule has 0 radical (unpaired) electrons. The lowest BCUT2D eigenvalue weighted by Gasteiger charge is -2.56. The molecule has 4 aliphatic carbocycles. The van der Waals surface area contributed by atoms with Gasteiger partial charge in [0, 0.05) is 6.42 Å². The summed E-state index contributed by atoms with van der Waals surface area (Å²) in [6.45, 7) is -0.156. The summed E-state index contributed by atoms with van der Waals surface area (Å²) >= 11 is 5.70. The van der Waals surface area contributed by atoms with Crippen LogP contribution in [0.15, 0.2) is 18.2 Å². The van der Waals surface area contributed by atoms with Gasteiger partial charge in [-0.2, -0.15) is 0 Å². The largest absolute Gasteiger partial charge is 0.347 e. The second kappa shape index (κ2) is 6.84. The molecule has 26 heavy (non-hydrogen) atoms. The van der Waals surface area contributed by atoms with E-state index in [1.165, 1.54) is 31.4 Å². The zero-order valence-electron chi connectivity index (χ0n) is 14.7. The predicted molar refractivity (Wildman–Crippen MR) is 98.3 cm³/mol. The first-order valence-corrected chi connectivity index (χ1v) is 9.81. The fourth-order valence-electron chi connectivity index (χ4n) is 5.88. The summed E-state index contributed by atoms with van der Waals surface area (Å²) in [4.78, 5) is 24.4. The highest BCUT2D eigenvalue weighted by Crippen LogP contribution is 2.61. The van der Waals surface area contributed by atoms with E-state index in [4.69, 9.17) is 11.6 Å². The summed E-state index contributed by atoms with van der Waals surface area (Å²) in [6.07, 6.45) is 8.01. The Morgan fingerprint density at radius 3 is 2.31 bits per heavy atom. The van der Waals surface area contributed by atoms with Crippen molar-refractivity contribution >= 4 is 29.1 Å². The number of carbonyl (C=O) groups is 2. The van der Waals surface area contributed by atoms with Crippen LogP contribution in [0.5, 0.6) is 0 Å². The van der Waals surface area contributed by atoms with Crippen molar-refractivity contribution in [2.24, 2.45) is 23.2 Å². The maximum Gasteiger partial charge on any atom is 0.243 e. The van der Waals surface area contributed by atoms with Crippen LogP contribution in [0.25, 0.3) is 0 Å². The van der Waals surface area contributed by atoms with Crippen molar-refractivity contribution in [2.45, 2.75) is 44.9 Å². The minimum atomic E-state index is -0.664. The van der Waals surface area contributed by atoms with Crippen molar-refractivity contribution in [3.63, 3.8) is 0 Å². The van der Waals surface area contributed by atoms with Gasteiger partial charge in [-0.05, 0) is 73.8 Å². The van der Waals surface area contributed by atoms with Crippen molar-refractivity contribution in [1.29, 1.82) is 0 Å². The SMILES string of the molecule is O=C(CC12CC3CC(CC(C3)C1)C2)NCC(=O)Nc1cccc(Cl)c1F. The quantitative estimate of drug-likeness (QED) is 0.809. The Kier molecular flexibility index (Phi) is 4.68. The van der Waals surface area contributed by atoms with Gasteiger partial charge >= 0.3 is 0 Å². The first-order chi connectivity index (χ1) is 12.4. The predicted octanol–water partition coefficient (Wildman–Crippen LogP) is 4.14. The number of hydrogen-bond acceptors (Lipinski definition) is 2. The third-order valence-electron chi connectivity index (χ3n) is 6.37. The Morgan fingerprint density at radius 2 is 1.69 bits per heavy atom. The highest BCUT2D eigenvalue weighted by atomic mass is 35.5. The van der Waals surface area contributed by atoms with Gasteiger partial charge in [0.2, 0.25) is 11.8 Å². The van der Waals surface area contributed by atoms with Gasteiger partial charge in [0.25, 0.3) is 0 Å². The lowest BCUT2D eigenvalue weighted by atomic mass is 9.49. The Labute approximate surface area is 157 Å². The van der Waals surface area contributed by atoms with Crippen LogP contribution in [-0.4, -0.2) is 18.4 Å². The zero-order valence-corrected chi connectivity index (χ0v) is 15.4. The van der Waals surface area contributed by atoms with Gasteiger partial charge in [0.15, 0.2) is 5.82 Å². The Bertz CT molecular complexity index is 701. The molecule has 0 aromatic heterocycles. The van der Waals surface area contributed by atoms with E-state index in [2.05, 4.69) is 10.6 Å². The monoisotopic (exact) mass is 378 g/mol. The molecule has 1 aromatic rings. The molecule has 0 saturated heterocycles. The number of anilines is 1. The number of amides is 2. The molecule has 0 heterocycles. The summed E-state index contributed by atoms with van der Waals surface area (Å²) in [5.74, 6) is 1.19. The third-order valence-corrected chi connectivity index (χ3v) is 6.66. The third kappa shape index (κ3) is 3.59.